The minimum absolute atomic E-state index is 0.127. The highest BCUT2D eigenvalue weighted by Crippen LogP contribution is 2.20. The molecule has 72 valence electrons. The quantitative estimate of drug-likeness (QED) is 0.758. The lowest BCUT2D eigenvalue weighted by Crippen LogP contribution is -2.20. The van der Waals surface area contributed by atoms with Crippen molar-refractivity contribution < 1.29 is 5.11 Å². The molecule has 1 rings (SSSR count). The first-order valence-corrected chi connectivity index (χ1v) is 4.64. The lowest BCUT2D eigenvalue weighted by Gasteiger charge is -2.20. The number of rotatable bonds is 3. The molecule has 0 aliphatic carbocycles. The van der Waals surface area contributed by atoms with Gasteiger partial charge in [0.05, 0.1) is 0 Å². The molecule has 0 unspecified atom stereocenters. The van der Waals surface area contributed by atoms with E-state index in [-0.39, 0.29) is 12.0 Å². The number of aromatic nitrogens is 1. The first-order chi connectivity index (χ1) is 6.03. The van der Waals surface area contributed by atoms with Crippen LogP contribution in [0.2, 0.25) is 5.15 Å². The first kappa shape index (κ1) is 10.5. The zero-order valence-corrected chi connectivity index (χ0v) is 8.67. The second-order valence-electron chi connectivity index (χ2n) is 3.95. The summed E-state index contributed by atoms with van der Waals surface area (Å²) in [5.74, 6) is 0. The molecule has 0 saturated carbocycles. The average Bonchev–Trinajstić information content (AvgIpc) is 2.03. The van der Waals surface area contributed by atoms with Gasteiger partial charge in [0.2, 0.25) is 0 Å². The Hall–Kier alpha value is -0.600. The fourth-order valence-electron chi connectivity index (χ4n) is 1.09. The fraction of sp³-hybridized carbons (Fsp3) is 0.500. The van der Waals surface area contributed by atoms with Crippen LogP contribution in [0.5, 0.6) is 0 Å². The third kappa shape index (κ3) is 3.33. The van der Waals surface area contributed by atoms with E-state index in [0.29, 0.717) is 5.15 Å². The summed E-state index contributed by atoms with van der Waals surface area (Å²) in [5, 5.41) is 9.57. The molecule has 0 amide bonds. The monoisotopic (exact) mass is 199 g/mol. The number of pyridine rings is 1. The molecule has 0 aliphatic rings. The highest BCUT2D eigenvalue weighted by atomic mass is 35.5. The van der Waals surface area contributed by atoms with E-state index in [1.807, 2.05) is 26.0 Å². The van der Waals surface area contributed by atoms with E-state index in [9.17, 15) is 0 Å². The van der Waals surface area contributed by atoms with E-state index in [2.05, 4.69) is 4.98 Å². The van der Waals surface area contributed by atoms with Crippen molar-refractivity contribution in [3.8, 4) is 0 Å². The molecule has 0 aliphatic heterocycles. The lowest BCUT2D eigenvalue weighted by molar-refractivity contribution is 0.158. The maximum atomic E-state index is 9.06. The molecule has 0 spiro atoms. The van der Waals surface area contributed by atoms with Crippen molar-refractivity contribution in [2.24, 2.45) is 5.41 Å². The molecule has 1 heterocycles. The van der Waals surface area contributed by atoms with Crippen molar-refractivity contribution in [2.75, 3.05) is 6.61 Å². The van der Waals surface area contributed by atoms with Crippen LogP contribution in [0.25, 0.3) is 0 Å². The summed E-state index contributed by atoms with van der Waals surface area (Å²) >= 11 is 5.74. The van der Waals surface area contributed by atoms with Gasteiger partial charge in [-0.3, -0.25) is 0 Å². The van der Waals surface area contributed by atoms with E-state index >= 15 is 0 Å². The summed E-state index contributed by atoms with van der Waals surface area (Å²) < 4.78 is 0. The van der Waals surface area contributed by atoms with Crippen LogP contribution in [-0.4, -0.2) is 16.7 Å². The van der Waals surface area contributed by atoms with Gasteiger partial charge in [0.1, 0.15) is 5.15 Å². The first-order valence-electron chi connectivity index (χ1n) is 4.26. The van der Waals surface area contributed by atoms with E-state index in [0.717, 1.165) is 12.1 Å². The molecule has 0 saturated heterocycles. The molecule has 0 bridgehead atoms. The Bertz CT molecular complexity index is 286. The van der Waals surface area contributed by atoms with Crippen LogP contribution in [0.3, 0.4) is 0 Å². The summed E-state index contributed by atoms with van der Waals surface area (Å²) in [7, 11) is 0. The molecule has 13 heavy (non-hydrogen) atoms. The minimum Gasteiger partial charge on any atom is -0.396 e. The van der Waals surface area contributed by atoms with Crippen LogP contribution in [0.1, 0.15) is 19.5 Å². The van der Waals surface area contributed by atoms with Crippen LogP contribution >= 0.6 is 11.6 Å². The normalized spacial score (nSPS) is 11.7. The second kappa shape index (κ2) is 4.07. The van der Waals surface area contributed by atoms with Crippen molar-refractivity contribution in [1.29, 1.82) is 0 Å². The van der Waals surface area contributed by atoms with E-state index < -0.39 is 0 Å². The molecule has 0 fully saturated rings. The third-order valence-electron chi connectivity index (χ3n) is 1.86. The predicted octanol–water partition coefficient (Wildman–Crippen LogP) is 2.30. The molecule has 1 aromatic rings. The van der Waals surface area contributed by atoms with Crippen molar-refractivity contribution in [2.45, 2.75) is 20.3 Å². The van der Waals surface area contributed by atoms with Gasteiger partial charge < -0.3 is 5.11 Å². The second-order valence-corrected chi connectivity index (χ2v) is 4.34. The van der Waals surface area contributed by atoms with Crippen molar-refractivity contribution in [3.05, 3.63) is 29.0 Å². The van der Waals surface area contributed by atoms with Crippen LogP contribution in [0.15, 0.2) is 18.2 Å². The third-order valence-corrected chi connectivity index (χ3v) is 2.07. The zero-order valence-electron chi connectivity index (χ0n) is 7.92. The smallest absolute Gasteiger partial charge is 0.129 e. The Labute approximate surface area is 83.6 Å². The number of aliphatic hydroxyl groups is 1. The summed E-state index contributed by atoms with van der Waals surface area (Å²) in [4.78, 5) is 4.16. The molecular weight excluding hydrogens is 186 g/mol. The van der Waals surface area contributed by atoms with Gasteiger partial charge in [-0.05, 0) is 24.0 Å². The molecule has 0 atom stereocenters. The number of hydrogen-bond acceptors (Lipinski definition) is 2. The SMILES string of the molecule is CC(C)(CO)Cc1cccc(Cl)n1. The Morgan fingerprint density at radius 3 is 2.69 bits per heavy atom. The lowest BCUT2D eigenvalue weighted by atomic mass is 9.89. The molecule has 1 N–H and O–H groups in total. The van der Waals surface area contributed by atoms with Gasteiger partial charge in [0.25, 0.3) is 0 Å². The Kier molecular flexibility index (Phi) is 3.28. The molecule has 0 aromatic carbocycles. The van der Waals surface area contributed by atoms with E-state index in [1.165, 1.54) is 0 Å². The maximum absolute atomic E-state index is 9.06. The maximum Gasteiger partial charge on any atom is 0.129 e. The summed E-state index contributed by atoms with van der Waals surface area (Å²) in [6, 6.07) is 5.54. The fourth-order valence-corrected chi connectivity index (χ4v) is 1.28. The Balaban J connectivity index is 2.74. The number of hydrogen-bond donors (Lipinski definition) is 1. The van der Waals surface area contributed by atoms with Crippen molar-refractivity contribution in [1.82, 2.24) is 4.98 Å². The standard InChI is InChI=1S/C10H14ClNO/c1-10(2,7-13)6-8-4-3-5-9(11)12-8/h3-5,13H,6-7H2,1-2H3. The average molecular weight is 200 g/mol. The predicted molar refractivity (Wildman–Crippen MR) is 53.8 cm³/mol. The number of halogens is 1. The molecular formula is C10H14ClNO. The Morgan fingerprint density at radius 2 is 2.15 bits per heavy atom. The van der Waals surface area contributed by atoms with Gasteiger partial charge >= 0.3 is 0 Å². The van der Waals surface area contributed by atoms with Gasteiger partial charge in [-0.2, -0.15) is 0 Å². The van der Waals surface area contributed by atoms with Crippen LogP contribution in [0, 0.1) is 5.41 Å². The van der Waals surface area contributed by atoms with Gasteiger partial charge in [0, 0.05) is 12.3 Å². The van der Waals surface area contributed by atoms with Gasteiger partial charge in [-0.1, -0.05) is 31.5 Å². The highest BCUT2D eigenvalue weighted by Gasteiger charge is 2.17. The molecule has 3 heteroatoms. The minimum atomic E-state index is -0.127. The zero-order chi connectivity index (χ0) is 9.90. The van der Waals surface area contributed by atoms with Crippen LogP contribution < -0.4 is 0 Å². The van der Waals surface area contributed by atoms with E-state index in [1.54, 1.807) is 6.07 Å². The summed E-state index contributed by atoms with van der Waals surface area (Å²) in [6.45, 7) is 4.15. The molecule has 0 radical (unpaired) electrons. The summed E-state index contributed by atoms with van der Waals surface area (Å²) in [5.41, 5.74) is 0.795. The topological polar surface area (TPSA) is 33.1 Å². The summed E-state index contributed by atoms with van der Waals surface area (Å²) in [6.07, 6.45) is 0.740. The van der Waals surface area contributed by atoms with Gasteiger partial charge in [-0.15, -0.1) is 0 Å². The number of aliphatic hydroxyl groups excluding tert-OH is 1. The van der Waals surface area contributed by atoms with Gasteiger partial charge in [-0.25, -0.2) is 4.98 Å². The van der Waals surface area contributed by atoms with Crippen LogP contribution in [-0.2, 0) is 6.42 Å². The van der Waals surface area contributed by atoms with Crippen molar-refractivity contribution in [3.63, 3.8) is 0 Å². The largest absolute Gasteiger partial charge is 0.396 e. The highest BCUT2D eigenvalue weighted by molar-refractivity contribution is 6.29. The molecule has 1 aromatic heterocycles. The Morgan fingerprint density at radius 1 is 1.46 bits per heavy atom. The molecule has 2 nitrogen and oxygen atoms in total. The van der Waals surface area contributed by atoms with E-state index in [4.69, 9.17) is 16.7 Å². The van der Waals surface area contributed by atoms with Crippen LogP contribution in [0.4, 0.5) is 0 Å². The van der Waals surface area contributed by atoms with Gasteiger partial charge in [0.15, 0.2) is 0 Å². The number of nitrogens with zero attached hydrogens (tertiary/aromatic N) is 1. The van der Waals surface area contributed by atoms with Crippen molar-refractivity contribution >= 4 is 11.6 Å².